The minimum Gasteiger partial charge on any atom is -0.478 e. The topological polar surface area (TPSA) is 83.5 Å². The number of nitrogens with one attached hydrogen (secondary N) is 1. The molecule has 0 aromatic heterocycles. The summed E-state index contributed by atoms with van der Waals surface area (Å²) in [5, 5.41) is 8.91. The fourth-order valence-electron chi connectivity index (χ4n) is 1.66. The van der Waals surface area contributed by atoms with Gasteiger partial charge in [-0.3, -0.25) is 0 Å². The van der Waals surface area contributed by atoms with E-state index in [-0.39, 0.29) is 17.0 Å². The van der Waals surface area contributed by atoms with Gasteiger partial charge in [0.1, 0.15) is 0 Å². The molecule has 1 aromatic carbocycles. The molecule has 0 spiro atoms. The van der Waals surface area contributed by atoms with Gasteiger partial charge < -0.3 is 5.11 Å². The quantitative estimate of drug-likeness (QED) is 0.593. The van der Waals surface area contributed by atoms with Crippen molar-refractivity contribution in [2.45, 2.75) is 31.1 Å². The van der Waals surface area contributed by atoms with Crippen LogP contribution in [-0.2, 0) is 10.0 Å². The van der Waals surface area contributed by atoms with Crippen molar-refractivity contribution in [2.75, 3.05) is 6.54 Å². The van der Waals surface area contributed by atoms with Gasteiger partial charge in [0.2, 0.25) is 10.0 Å². The summed E-state index contributed by atoms with van der Waals surface area (Å²) in [6.07, 6.45) is 7.10. The van der Waals surface area contributed by atoms with Gasteiger partial charge in [0.15, 0.2) is 0 Å². The number of aromatic carboxylic acids is 1. The summed E-state index contributed by atoms with van der Waals surface area (Å²) in [6, 6.07) is 4.03. The summed E-state index contributed by atoms with van der Waals surface area (Å²) >= 11 is 0. The number of terminal acetylenes is 1. The molecule has 20 heavy (non-hydrogen) atoms. The van der Waals surface area contributed by atoms with E-state index in [1.165, 1.54) is 18.2 Å². The van der Waals surface area contributed by atoms with E-state index in [2.05, 4.69) is 10.6 Å². The summed E-state index contributed by atoms with van der Waals surface area (Å²) in [5.74, 6) is 1.33. The second-order valence-corrected chi connectivity index (χ2v) is 6.08. The molecule has 0 fully saturated rings. The number of hydrogen-bond acceptors (Lipinski definition) is 3. The minimum atomic E-state index is -3.70. The van der Waals surface area contributed by atoms with E-state index in [1.54, 1.807) is 6.92 Å². The van der Waals surface area contributed by atoms with Crippen LogP contribution in [0.5, 0.6) is 0 Å². The minimum absolute atomic E-state index is 0.00523. The van der Waals surface area contributed by atoms with Crippen molar-refractivity contribution < 1.29 is 18.3 Å². The lowest BCUT2D eigenvalue weighted by Gasteiger charge is -2.09. The van der Waals surface area contributed by atoms with Crippen LogP contribution >= 0.6 is 0 Å². The van der Waals surface area contributed by atoms with Crippen molar-refractivity contribution in [3.63, 3.8) is 0 Å². The van der Waals surface area contributed by atoms with E-state index in [0.717, 1.165) is 6.42 Å². The monoisotopic (exact) mass is 295 g/mol. The highest BCUT2D eigenvalue weighted by atomic mass is 32.2. The van der Waals surface area contributed by atoms with Crippen molar-refractivity contribution in [3.8, 4) is 12.3 Å². The molecule has 0 radical (unpaired) electrons. The Hall–Kier alpha value is -1.84. The number of benzene rings is 1. The van der Waals surface area contributed by atoms with E-state index in [9.17, 15) is 13.2 Å². The van der Waals surface area contributed by atoms with Crippen molar-refractivity contribution in [2.24, 2.45) is 0 Å². The molecule has 0 unspecified atom stereocenters. The summed E-state index contributed by atoms with van der Waals surface area (Å²) in [6.45, 7) is 1.90. The van der Waals surface area contributed by atoms with Gasteiger partial charge in [0.05, 0.1) is 10.5 Å². The first-order chi connectivity index (χ1) is 9.38. The largest absolute Gasteiger partial charge is 0.478 e. The Labute approximate surface area is 119 Å². The summed E-state index contributed by atoms with van der Waals surface area (Å²) < 4.78 is 26.7. The fraction of sp³-hybridized carbons (Fsp3) is 0.357. The van der Waals surface area contributed by atoms with E-state index in [1.807, 2.05) is 0 Å². The van der Waals surface area contributed by atoms with Crippen LogP contribution in [0.2, 0.25) is 0 Å². The van der Waals surface area contributed by atoms with E-state index in [0.29, 0.717) is 18.4 Å². The van der Waals surface area contributed by atoms with Crippen LogP contribution in [-0.4, -0.2) is 26.0 Å². The number of rotatable bonds is 7. The average molecular weight is 295 g/mol. The van der Waals surface area contributed by atoms with Gasteiger partial charge >= 0.3 is 5.97 Å². The maximum absolute atomic E-state index is 12.1. The van der Waals surface area contributed by atoms with Gasteiger partial charge in [0, 0.05) is 13.0 Å². The fourth-order valence-corrected chi connectivity index (χ4v) is 3.00. The molecule has 0 aliphatic heterocycles. The van der Waals surface area contributed by atoms with Gasteiger partial charge in [0.25, 0.3) is 0 Å². The van der Waals surface area contributed by atoms with Gasteiger partial charge in [-0.2, -0.15) is 0 Å². The molecule has 0 heterocycles. The lowest BCUT2D eigenvalue weighted by molar-refractivity contribution is 0.0696. The zero-order valence-corrected chi connectivity index (χ0v) is 12.0. The van der Waals surface area contributed by atoms with Crippen LogP contribution in [0.4, 0.5) is 0 Å². The molecule has 0 atom stereocenters. The van der Waals surface area contributed by atoms with Gasteiger partial charge in [-0.15, -0.1) is 12.3 Å². The molecule has 6 heteroatoms. The standard InChI is InChI=1S/C14H17NO4S/c1-3-4-5-6-9-15-20(18,19)13-10-12(14(16)17)8-7-11(13)2/h1,7-8,10,15H,4-6,9H2,2H3,(H,16,17). The lowest BCUT2D eigenvalue weighted by atomic mass is 10.1. The zero-order valence-electron chi connectivity index (χ0n) is 11.2. The summed E-state index contributed by atoms with van der Waals surface area (Å²) in [5.41, 5.74) is 0.453. The number of carbonyl (C=O) groups is 1. The maximum Gasteiger partial charge on any atom is 0.335 e. The molecule has 5 nitrogen and oxygen atoms in total. The predicted molar refractivity (Wildman–Crippen MR) is 76.0 cm³/mol. The highest BCUT2D eigenvalue weighted by Crippen LogP contribution is 2.17. The third-order valence-electron chi connectivity index (χ3n) is 2.76. The second-order valence-electron chi connectivity index (χ2n) is 4.34. The predicted octanol–water partition coefficient (Wildman–Crippen LogP) is 1.78. The third kappa shape index (κ3) is 4.37. The van der Waals surface area contributed by atoms with Crippen LogP contribution in [0, 0.1) is 19.3 Å². The van der Waals surface area contributed by atoms with Gasteiger partial charge in [-0.05, 0) is 37.5 Å². The molecule has 2 N–H and O–H groups in total. The number of unbranched alkanes of at least 4 members (excludes halogenated alkanes) is 2. The van der Waals surface area contributed by atoms with Crippen LogP contribution in [0.3, 0.4) is 0 Å². The van der Waals surface area contributed by atoms with Crippen molar-refractivity contribution in [1.82, 2.24) is 4.72 Å². The Kier molecular flexibility index (Phi) is 5.74. The second kappa shape index (κ2) is 7.08. The Morgan fingerprint density at radius 1 is 1.40 bits per heavy atom. The first-order valence-corrected chi connectivity index (χ1v) is 7.64. The van der Waals surface area contributed by atoms with Crippen LogP contribution in [0.1, 0.15) is 35.2 Å². The molecule has 0 saturated heterocycles. The summed E-state index contributed by atoms with van der Waals surface area (Å²) in [4.78, 5) is 10.9. The molecule has 0 bridgehead atoms. The Balaban J connectivity index is 2.84. The highest BCUT2D eigenvalue weighted by Gasteiger charge is 2.18. The smallest absolute Gasteiger partial charge is 0.335 e. The van der Waals surface area contributed by atoms with Crippen LogP contribution in [0.25, 0.3) is 0 Å². The molecule has 0 saturated carbocycles. The van der Waals surface area contributed by atoms with Crippen LogP contribution < -0.4 is 4.72 Å². The lowest BCUT2D eigenvalue weighted by Crippen LogP contribution is -2.25. The SMILES string of the molecule is C#CCCCCNS(=O)(=O)c1cc(C(=O)O)ccc1C. The highest BCUT2D eigenvalue weighted by molar-refractivity contribution is 7.89. The molecule has 0 aliphatic rings. The normalized spacial score (nSPS) is 11.0. The molecule has 0 aliphatic carbocycles. The Bertz CT molecular complexity index is 629. The molecule has 1 rings (SSSR count). The van der Waals surface area contributed by atoms with E-state index >= 15 is 0 Å². The number of carboxylic acids is 1. The average Bonchev–Trinajstić information content (AvgIpc) is 2.38. The third-order valence-corrected chi connectivity index (χ3v) is 4.37. The number of aryl methyl sites for hydroxylation is 1. The van der Waals surface area contributed by atoms with Crippen molar-refractivity contribution in [3.05, 3.63) is 29.3 Å². The van der Waals surface area contributed by atoms with Crippen molar-refractivity contribution in [1.29, 1.82) is 0 Å². The zero-order chi connectivity index (χ0) is 15.2. The van der Waals surface area contributed by atoms with Crippen molar-refractivity contribution >= 4 is 16.0 Å². The van der Waals surface area contributed by atoms with E-state index < -0.39 is 16.0 Å². The van der Waals surface area contributed by atoms with E-state index in [4.69, 9.17) is 11.5 Å². The van der Waals surface area contributed by atoms with Gasteiger partial charge in [-0.1, -0.05) is 6.07 Å². The number of hydrogen-bond donors (Lipinski definition) is 2. The molecule has 1 aromatic rings. The summed E-state index contributed by atoms with van der Waals surface area (Å²) in [7, 11) is -3.70. The van der Waals surface area contributed by atoms with Gasteiger partial charge in [-0.25, -0.2) is 17.9 Å². The molecule has 0 amide bonds. The molecule has 108 valence electrons. The Morgan fingerprint density at radius 3 is 2.70 bits per heavy atom. The first-order valence-electron chi connectivity index (χ1n) is 6.15. The maximum atomic E-state index is 12.1. The molecular weight excluding hydrogens is 278 g/mol. The number of sulfonamides is 1. The first kappa shape index (κ1) is 16.2. The van der Waals surface area contributed by atoms with Crippen LogP contribution in [0.15, 0.2) is 23.1 Å². The Morgan fingerprint density at radius 2 is 2.10 bits per heavy atom. The molecular formula is C14H17NO4S. The number of carboxylic acid groups (broad SMARTS) is 1.